The lowest BCUT2D eigenvalue weighted by atomic mass is 10.2. The Balaban J connectivity index is 2.48. The van der Waals surface area contributed by atoms with Crippen molar-refractivity contribution in [2.45, 2.75) is 0 Å². The van der Waals surface area contributed by atoms with Crippen LogP contribution in [0.25, 0.3) is 11.5 Å². The van der Waals surface area contributed by atoms with E-state index in [1.54, 1.807) is 24.3 Å². The summed E-state index contributed by atoms with van der Waals surface area (Å²) in [7, 11) is 0. The number of nitrogens with zero attached hydrogens (tertiary/aromatic N) is 2. The summed E-state index contributed by atoms with van der Waals surface area (Å²) in [5.41, 5.74) is 0.954. The minimum atomic E-state index is 0.183. The average Bonchev–Trinajstić information content (AvgIpc) is 2.65. The second kappa shape index (κ2) is 4.05. The van der Waals surface area contributed by atoms with Crippen LogP contribution < -0.4 is 0 Å². The normalized spacial score (nSPS) is 9.93. The highest BCUT2D eigenvalue weighted by Gasteiger charge is 2.07. The van der Waals surface area contributed by atoms with Gasteiger partial charge in [0, 0.05) is 0 Å². The Labute approximate surface area is 99.4 Å². The fourth-order valence-corrected chi connectivity index (χ4v) is 1.61. The number of aromatic nitrogens is 1. The van der Waals surface area contributed by atoms with Gasteiger partial charge in [-0.25, -0.2) is 4.98 Å². The highest BCUT2D eigenvalue weighted by Crippen LogP contribution is 2.25. The van der Waals surface area contributed by atoms with Gasteiger partial charge in [-0.3, -0.25) is 0 Å². The number of rotatable bonds is 1. The Hall–Kier alpha value is -1.31. The van der Waals surface area contributed by atoms with Crippen molar-refractivity contribution >= 4 is 27.5 Å². The van der Waals surface area contributed by atoms with Crippen LogP contribution in [0.15, 0.2) is 33.4 Å². The Morgan fingerprint density at radius 2 is 2.13 bits per heavy atom. The zero-order chi connectivity index (χ0) is 10.8. The number of nitriles is 1. The van der Waals surface area contributed by atoms with Gasteiger partial charge >= 0.3 is 0 Å². The lowest BCUT2D eigenvalue weighted by molar-refractivity contribution is 0.554. The molecule has 15 heavy (non-hydrogen) atoms. The van der Waals surface area contributed by atoms with E-state index in [1.807, 2.05) is 6.07 Å². The van der Waals surface area contributed by atoms with Crippen molar-refractivity contribution in [3.05, 3.63) is 39.7 Å². The average molecular weight is 284 g/mol. The maximum absolute atomic E-state index is 8.68. The van der Waals surface area contributed by atoms with Gasteiger partial charge in [0.05, 0.1) is 5.56 Å². The van der Waals surface area contributed by atoms with Crippen molar-refractivity contribution in [2.75, 3.05) is 0 Å². The molecule has 0 saturated heterocycles. The Bertz CT molecular complexity index is 545. The molecule has 0 saturated carbocycles. The largest absolute Gasteiger partial charge is 0.448 e. The molecule has 0 aromatic carbocycles. The van der Waals surface area contributed by atoms with Gasteiger partial charge < -0.3 is 4.42 Å². The van der Waals surface area contributed by atoms with Gasteiger partial charge in [-0.2, -0.15) is 5.26 Å². The summed E-state index contributed by atoms with van der Waals surface area (Å²) < 4.78 is 5.94. The van der Waals surface area contributed by atoms with Gasteiger partial charge in [-0.15, -0.1) is 0 Å². The minimum absolute atomic E-state index is 0.183. The number of hydrogen-bond donors (Lipinski definition) is 0. The second-order valence-electron chi connectivity index (χ2n) is 2.75. The minimum Gasteiger partial charge on any atom is -0.448 e. The van der Waals surface area contributed by atoms with Crippen molar-refractivity contribution in [3.8, 4) is 17.5 Å². The molecule has 2 heterocycles. The molecular weight excluding hydrogens is 279 g/mol. The van der Waals surface area contributed by atoms with Gasteiger partial charge in [0.25, 0.3) is 0 Å². The molecular formula is C10H4BrClN2O. The van der Waals surface area contributed by atoms with E-state index in [0.717, 1.165) is 0 Å². The molecule has 0 bridgehead atoms. The molecule has 0 fully saturated rings. The lowest BCUT2D eigenvalue weighted by Gasteiger charge is -1.97. The van der Waals surface area contributed by atoms with E-state index < -0.39 is 0 Å². The Morgan fingerprint density at radius 3 is 2.67 bits per heavy atom. The predicted octanol–water partition coefficient (Wildman–Crippen LogP) is 3.63. The van der Waals surface area contributed by atoms with E-state index in [-0.39, 0.29) is 5.15 Å². The number of hydrogen-bond acceptors (Lipinski definition) is 3. The SMILES string of the molecule is N#Cc1ccc(-c2ccc(Br)o2)nc1Cl. The first kappa shape index (κ1) is 10.2. The van der Waals surface area contributed by atoms with E-state index in [9.17, 15) is 0 Å². The van der Waals surface area contributed by atoms with Crippen molar-refractivity contribution in [1.82, 2.24) is 4.98 Å². The van der Waals surface area contributed by atoms with E-state index in [2.05, 4.69) is 20.9 Å². The van der Waals surface area contributed by atoms with Crippen molar-refractivity contribution in [2.24, 2.45) is 0 Å². The van der Waals surface area contributed by atoms with Gasteiger partial charge in [0.15, 0.2) is 10.4 Å². The number of pyridine rings is 1. The smallest absolute Gasteiger partial charge is 0.169 e. The van der Waals surface area contributed by atoms with Crippen molar-refractivity contribution in [3.63, 3.8) is 0 Å². The molecule has 0 spiro atoms. The number of halogens is 2. The van der Waals surface area contributed by atoms with Gasteiger partial charge in [-0.1, -0.05) is 11.6 Å². The van der Waals surface area contributed by atoms with Gasteiger partial charge in [0.1, 0.15) is 16.9 Å². The van der Waals surface area contributed by atoms with E-state index in [0.29, 0.717) is 21.7 Å². The van der Waals surface area contributed by atoms with Crippen molar-refractivity contribution in [1.29, 1.82) is 5.26 Å². The molecule has 2 aromatic heterocycles. The molecule has 0 N–H and O–H groups in total. The maximum atomic E-state index is 8.68. The quantitative estimate of drug-likeness (QED) is 0.751. The fraction of sp³-hybridized carbons (Fsp3) is 0. The molecule has 0 radical (unpaired) electrons. The summed E-state index contributed by atoms with van der Waals surface area (Å²) in [6.07, 6.45) is 0. The summed E-state index contributed by atoms with van der Waals surface area (Å²) >= 11 is 9.00. The van der Waals surface area contributed by atoms with Crippen LogP contribution in [0.2, 0.25) is 5.15 Å². The summed E-state index contributed by atoms with van der Waals surface area (Å²) in [5.74, 6) is 0.605. The van der Waals surface area contributed by atoms with Crippen LogP contribution in [0.5, 0.6) is 0 Å². The lowest BCUT2D eigenvalue weighted by Crippen LogP contribution is -1.85. The van der Waals surface area contributed by atoms with Crippen LogP contribution >= 0.6 is 27.5 Å². The van der Waals surface area contributed by atoms with E-state index >= 15 is 0 Å². The molecule has 3 nitrogen and oxygen atoms in total. The van der Waals surface area contributed by atoms with E-state index in [4.69, 9.17) is 21.3 Å². The summed E-state index contributed by atoms with van der Waals surface area (Å²) in [4.78, 5) is 4.06. The van der Waals surface area contributed by atoms with Crippen LogP contribution in [0.3, 0.4) is 0 Å². The highest BCUT2D eigenvalue weighted by atomic mass is 79.9. The molecule has 0 aliphatic rings. The van der Waals surface area contributed by atoms with Crippen LogP contribution in [0.1, 0.15) is 5.56 Å². The molecule has 2 rings (SSSR count). The third kappa shape index (κ3) is 2.04. The van der Waals surface area contributed by atoms with Gasteiger partial charge in [0.2, 0.25) is 0 Å². The third-order valence-electron chi connectivity index (χ3n) is 1.79. The molecule has 0 unspecified atom stereocenters. The topological polar surface area (TPSA) is 49.8 Å². The monoisotopic (exact) mass is 282 g/mol. The zero-order valence-electron chi connectivity index (χ0n) is 7.37. The Morgan fingerprint density at radius 1 is 1.33 bits per heavy atom. The first-order valence-corrected chi connectivity index (χ1v) is 5.20. The molecule has 0 amide bonds. The molecule has 0 aliphatic heterocycles. The van der Waals surface area contributed by atoms with Crippen molar-refractivity contribution < 1.29 is 4.42 Å². The zero-order valence-corrected chi connectivity index (χ0v) is 9.71. The van der Waals surface area contributed by atoms with E-state index in [1.165, 1.54) is 0 Å². The summed E-state index contributed by atoms with van der Waals surface area (Å²) in [5, 5.41) is 8.86. The number of furan rings is 1. The molecule has 0 atom stereocenters. The third-order valence-corrected chi connectivity index (χ3v) is 2.51. The second-order valence-corrected chi connectivity index (χ2v) is 3.89. The fourth-order valence-electron chi connectivity index (χ4n) is 1.11. The standard InChI is InChI=1S/C10H4BrClN2O/c11-9-4-3-8(15-9)7-2-1-6(5-13)10(12)14-7/h1-4H. The van der Waals surface area contributed by atoms with Crippen LogP contribution in [0, 0.1) is 11.3 Å². The van der Waals surface area contributed by atoms with Crippen LogP contribution in [-0.2, 0) is 0 Å². The van der Waals surface area contributed by atoms with Crippen LogP contribution in [-0.4, -0.2) is 4.98 Å². The van der Waals surface area contributed by atoms with Crippen LogP contribution in [0.4, 0.5) is 0 Å². The Kier molecular flexibility index (Phi) is 2.76. The molecule has 74 valence electrons. The summed E-state index contributed by atoms with van der Waals surface area (Å²) in [6, 6.07) is 8.79. The first-order valence-electron chi connectivity index (χ1n) is 4.03. The van der Waals surface area contributed by atoms with Gasteiger partial charge in [-0.05, 0) is 40.2 Å². The molecule has 2 aromatic rings. The summed E-state index contributed by atoms with van der Waals surface area (Å²) in [6.45, 7) is 0. The maximum Gasteiger partial charge on any atom is 0.169 e. The molecule has 0 aliphatic carbocycles. The highest BCUT2D eigenvalue weighted by molar-refractivity contribution is 9.10. The predicted molar refractivity (Wildman–Crippen MR) is 59.4 cm³/mol. The molecule has 5 heteroatoms. The first-order chi connectivity index (χ1) is 7.20.